The number of hydrogen-bond donors (Lipinski definition) is 1. The number of carbonyl (C=O) groups excluding carboxylic acids is 1. The second-order valence-electron chi connectivity index (χ2n) is 7.44. The van der Waals surface area contributed by atoms with E-state index < -0.39 is 0 Å². The summed E-state index contributed by atoms with van der Waals surface area (Å²) < 4.78 is 5.44. The molecule has 2 aliphatic rings. The molecule has 26 heavy (non-hydrogen) atoms. The molecule has 0 radical (unpaired) electrons. The van der Waals surface area contributed by atoms with Crippen molar-refractivity contribution in [1.82, 2.24) is 19.8 Å². The van der Waals surface area contributed by atoms with Gasteiger partial charge in [0.15, 0.2) is 0 Å². The first-order valence-electron chi connectivity index (χ1n) is 9.35. The van der Waals surface area contributed by atoms with Crippen LogP contribution in [-0.2, 0) is 22.5 Å². The first-order chi connectivity index (χ1) is 12.4. The van der Waals surface area contributed by atoms with Crippen LogP contribution in [0.1, 0.15) is 25.1 Å². The first-order valence-corrected chi connectivity index (χ1v) is 9.35. The van der Waals surface area contributed by atoms with Gasteiger partial charge < -0.3 is 19.9 Å². The molecular weight excluding hydrogens is 332 g/mol. The van der Waals surface area contributed by atoms with E-state index in [2.05, 4.69) is 29.0 Å². The molecule has 0 aliphatic carbocycles. The van der Waals surface area contributed by atoms with Crippen LogP contribution in [0.4, 0.5) is 11.8 Å². The Morgan fingerprint density at radius 2 is 1.96 bits per heavy atom. The fraction of sp³-hybridized carbons (Fsp3) is 0.722. The number of fused-ring (bicyclic) bond motifs is 1. The molecule has 1 saturated heterocycles. The average molecular weight is 362 g/mol. The maximum Gasteiger partial charge on any atom is 0.236 e. The number of anilines is 2. The van der Waals surface area contributed by atoms with Crippen molar-refractivity contribution >= 4 is 17.7 Å². The SMILES string of the molecule is CC(C)Nc1nc(N2CCOCC2)nc2c1CN(CC(=O)N(C)C)CC2. The van der Waals surface area contributed by atoms with Gasteiger partial charge in [-0.15, -0.1) is 0 Å². The molecule has 0 unspecified atom stereocenters. The highest BCUT2D eigenvalue weighted by molar-refractivity contribution is 5.77. The lowest BCUT2D eigenvalue weighted by Crippen LogP contribution is -2.41. The van der Waals surface area contributed by atoms with Crippen LogP contribution < -0.4 is 10.2 Å². The number of likely N-dealkylation sites (N-methyl/N-ethyl adjacent to an activating group) is 1. The predicted molar refractivity (Wildman–Crippen MR) is 101 cm³/mol. The molecular formula is C18H30N6O2. The van der Waals surface area contributed by atoms with Gasteiger partial charge in [-0.25, -0.2) is 4.98 Å². The monoisotopic (exact) mass is 362 g/mol. The van der Waals surface area contributed by atoms with Gasteiger partial charge in [0.25, 0.3) is 0 Å². The molecule has 0 atom stereocenters. The summed E-state index contributed by atoms with van der Waals surface area (Å²) in [6.07, 6.45) is 0.836. The topological polar surface area (TPSA) is 73.8 Å². The number of morpholine rings is 1. The summed E-state index contributed by atoms with van der Waals surface area (Å²) >= 11 is 0. The molecule has 0 spiro atoms. The van der Waals surface area contributed by atoms with Crippen molar-refractivity contribution in [2.75, 3.05) is 63.7 Å². The van der Waals surface area contributed by atoms with Crippen LogP contribution in [0.5, 0.6) is 0 Å². The molecule has 1 N–H and O–H groups in total. The van der Waals surface area contributed by atoms with Gasteiger partial charge in [-0.1, -0.05) is 0 Å². The summed E-state index contributed by atoms with van der Waals surface area (Å²) in [4.78, 5) is 27.7. The molecule has 3 rings (SSSR count). The van der Waals surface area contributed by atoms with Crippen molar-refractivity contribution in [3.05, 3.63) is 11.3 Å². The number of carbonyl (C=O) groups is 1. The summed E-state index contributed by atoms with van der Waals surface area (Å²) in [7, 11) is 3.59. The second kappa shape index (κ2) is 8.18. The van der Waals surface area contributed by atoms with E-state index in [9.17, 15) is 4.79 Å². The van der Waals surface area contributed by atoms with E-state index in [1.54, 1.807) is 19.0 Å². The molecule has 0 saturated carbocycles. The van der Waals surface area contributed by atoms with E-state index in [-0.39, 0.29) is 11.9 Å². The lowest BCUT2D eigenvalue weighted by atomic mass is 10.1. The van der Waals surface area contributed by atoms with Crippen molar-refractivity contribution in [3.63, 3.8) is 0 Å². The van der Waals surface area contributed by atoms with E-state index in [0.29, 0.717) is 26.3 Å². The Morgan fingerprint density at radius 1 is 1.23 bits per heavy atom. The second-order valence-corrected chi connectivity index (χ2v) is 7.44. The lowest BCUT2D eigenvalue weighted by Gasteiger charge is -2.32. The smallest absolute Gasteiger partial charge is 0.236 e. The lowest BCUT2D eigenvalue weighted by molar-refractivity contribution is -0.130. The van der Waals surface area contributed by atoms with Crippen LogP contribution in [0.15, 0.2) is 0 Å². The quantitative estimate of drug-likeness (QED) is 0.821. The zero-order valence-corrected chi connectivity index (χ0v) is 16.3. The zero-order valence-electron chi connectivity index (χ0n) is 16.3. The molecule has 0 aromatic carbocycles. The molecule has 144 valence electrons. The van der Waals surface area contributed by atoms with Gasteiger partial charge >= 0.3 is 0 Å². The number of amides is 1. The number of nitrogens with one attached hydrogen (secondary N) is 1. The molecule has 8 heteroatoms. The summed E-state index contributed by atoms with van der Waals surface area (Å²) in [5, 5.41) is 3.48. The molecule has 1 fully saturated rings. The fourth-order valence-corrected chi connectivity index (χ4v) is 3.22. The highest BCUT2D eigenvalue weighted by Gasteiger charge is 2.26. The molecule has 1 amide bonds. The van der Waals surface area contributed by atoms with Crippen LogP contribution >= 0.6 is 0 Å². The molecule has 3 heterocycles. The third-order valence-electron chi connectivity index (χ3n) is 4.70. The van der Waals surface area contributed by atoms with Crippen molar-refractivity contribution in [2.45, 2.75) is 32.9 Å². The van der Waals surface area contributed by atoms with Gasteiger partial charge in [0.2, 0.25) is 11.9 Å². The predicted octanol–water partition coefficient (Wildman–Crippen LogP) is 0.580. The Hall–Kier alpha value is -1.93. The number of ether oxygens (including phenoxy) is 1. The zero-order chi connectivity index (χ0) is 18.7. The van der Waals surface area contributed by atoms with Crippen molar-refractivity contribution in [2.24, 2.45) is 0 Å². The minimum Gasteiger partial charge on any atom is -0.378 e. The summed E-state index contributed by atoms with van der Waals surface area (Å²) in [5.41, 5.74) is 2.21. The van der Waals surface area contributed by atoms with E-state index in [1.807, 2.05) is 0 Å². The van der Waals surface area contributed by atoms with Crippen LogP contribution in [0, 0.1) is 0 Å². The Balaban J connectivity index is 1.84. The van der Waals surface area contributed by atoms with E-state index in [4.69, 9.17) is 14.7 Å². The Labute approximate surface area is 155 Å². The first kappa shape index (κ1) is 18.8. The van der Waals surface area contributed by atoms with Gasteiger partial charge in [0, 0.05) is 58.3 Å². The van der Waals surface area contributed by atoms with Gasteiger partial charge in [0.1, 0.15) is 5.82 Å². The van der Waals surface area contributed by atoms with Crippen LogP contribution in [-0.4, -0.2) is 85.2 Å². The number of rotatable bonds is 5. The van der Waals surface area contributed by atoms with Crippen LogP contribution in [0.3, 0.4) is 0 Å². The standard InChI is InChI=1S/C18H30N6O2/c1-13(2)19-17-14-11-23(12-16(25)22(3)4)6-5-15(14)20-18(21-17)24-7-9-26-10-8-24/h13H,5-12H2,1-4H3,(H,19,20,21). The largest absolute Gasteiger partial charge is 0.378 e. The van der Waals surface area contributed by atoms with Crippen molar-refractivity contribution in [3.8, 4) is 0 Å². The average Bonchev–Trinajstić information content (AvgIpc) is 2.62. The van der Waals surface area contributed by atoms with Crippen molar-refractivity contribution < 1.29 is 9.53 Å². The van der Waals surface area contributed by atoms with E-state index >= 15 is 0 Å². The summed E-state index contributed by atoms with van der Waals surface area (Å²) in [6, 6.07) is 0.283. The number of hydrogen-bond acceptors (Lipinski definition) is 7. The van der Waals surface area contributed by atoms with Gasteiger partial charge in [0.05, 0.1) is 25.5 Å². The highest BCUT2D eigenvalue weighted by atomic mass is 16.5. The molecule has 1 aromatic rings. The van der Waals surface area contributed by atoms with Crippen molar-refractivity contribution in [1.29, 1.82) is 0 Å². The molecule has 1 aromatic heterocycles. The normalized spacial score (nSPS) is 18.0. The van der Waals surface area contributed by atoms with Gasteiger partial charge in [-0.3, -0.25) is 9.69 Å². The molecule has 0 bridgehead atoms. The highest BCUT2D eigenvalue weighted by Crippen LogP contribution is 2.27. The Morgan fingerprint density at radius 3 is 2.62 bits per heavy atom. The van der Waals surface area contributed by atoms with Crippen LogP contribution in [0.2, 0.25) is 0 Å². The minimum atomic E-state index is 0.123. The maximum absolute atomic E-state index is 12.1. The Bertz CT molecular complexity index is 643. The van der Waals surface area contributed by atoms with Gasteiger partial charge in [-0.2, -0.15) is 4.98 Å². The molecule has 8 nitrogen and oxygen atoms in total. The summed E-state index contributed by atoms with van der Waals surface area (Å²) in [5.74, 6) is 1.80. The van der Waals surface area contributed by atoms with Gasteiger partial charge in [-0.05, 0) is 13.8 Å². The maximum atomic E-state index is 12.1. The fourth-order valence-electron chi connectivity index (χ4n) is 3.22. The van der Waals surface area contributed by atoms with E-state index in [1.165, 1.54) is 0 Å². The summed E-state index contributed by atoms with van der Waals surface area (Å²) in [6.45, 7) is 9.27. The number of nitrogens with zero attached hydrogens (tertiary/aromatic N) is 5. The number of aromatic nitrogens is 2. The third-order valence-corrected chi connectivity index (χ3v) is 4.70. The third kappa shape index (κ3) is 4.42. The molecule has 2 aliphatic heterocycles. The minimum absolute atomic E-state index is 0.123. The Kier molecular flexibility index (Phi) is 5.93. The van der Waals surface area contributed by atoms with Crippen LogP contribution in [0.25, 0.3) is 0 Å². The van der Waals surface area contributed by atoms with E-state index in [0.717, 1.165) is 49.1 Å².